The molecule has 160 valence electrons. The van der Waals surface area contributed by atoms with Crippen molar-refractivity contribution < 1.29 is 33.5 Å². The molecular weight excluding hydrogens is 396 g/mol. The average molecular weight is 418 g/mol. The van der Waals surface area contributed by atoms with Crippen LogP contribution in [0.1, 0.15) is 20.7 Å². The minimum Gasteiger partial charge on any atom is -0.497 e. The Kier molecular flexibility index (Phi) is 8.12. The van der Waals surface area contributed by atoms with Crippen LogP contribution in [0.25, 0.3) is 0 Å². The second kappa shape index (κ2) is 10.8. The normalized spacial score (nSPS) is 10.2. The Hall–Kier alpha value is -3.66. The van der Waals surface area contributed by atoms with Crippen LogP contribution in [0.4, 0.5) is 11.4 Å². The topological polar surface area (TPSA) is 126 Å². The molecule has 0 saturated carbocycles. The Morgan fingerprint density at radius 2 is 1.80 bits per heavy atom. The molecule has 0 spiro atoms. The summed E-state index contributed by atoms with van der Waals surface area (Å²) in [5, 5.41) is 14.0. The van der Waals surface area contributed by atoms with Crippen LogP contribution in [0, 0.1) is 10.1 Å². The van der Waals surface area contributed by atoms with Crippen molar-refractivity contribution in [2.24, 2.45) is 0 Å². The van der Waals surface area contributed by atoms with Crippen molar-refractivity contribution >= 4 is 23.1 Å². The van der Waals surface area contributed by atoms with E-state index in [-0.39, 0.29) is 16.8 Å². The highest BCUT2D eigenvalue weighted by Crippen LogP contribution is 2.26. The molecule has 0 fully saturated rings. The molecule has 0 radical (unpaired) electrons. The maximum Gasteiger partial charge on any atom is 0.340 e. The number of non-ortho nitro benzene ring substituents is 1. The largest absolute Gasteiger partial charge is 0.497 e. The van der Waals surface area contributed by atoms with Crippen LogP contribution in [0.15, 0.2) is 36.4 Å². The SMILES string of the molecule is COCCNc1ccc([N+](=O)[O-])cc1C(=O)OCC(=O)c1cc(OC)ccc1OC. The summed E-state index contributed by atoms with van der Waals surface area (Å²) in [6.07, 6.45) is 0. The van der Waals surface area contributed by atoms with Gasteiger partial charge >= 0.3 is 5.97 Å². The monoisotopic (exact) mass is 418 g/mol. The standard InChI is InChI=1S/C20H22N2O8/c1-27-9-8-21-17-6-4-13(22(25)26)10-15(17)20(24)30-12-18(23)16-11-14(28-2)5-7-19(16)29-3/h4-7,10-11,21H,8-9,12H2,1-3H3. The third-order valence-corrected chi connectivity index (χ3v) is 4.10. The lowest BCUT2D eigenvalue weighted by Crippen LogP contribution is -2.17. The fourth-order valence-corrected chi connectivity index (χ4v) is 2.58. The third kappa shape index (κ3) is 5.67. The van der Waals surface area contributed by atoms with E-state index in [1.807, 2.05) is 0 Å². The summed E-state index contributed by atoms with van der Waals surface area (Å²) in [7, 11) is 4.38. The van der Waals surface area contributed by atoms with Gasteiger partial charge in [0.05, 0.1) is 36.9 Å². The number of nitrogens with zero attached hydrogens (tertiary/aromatic N) is 1. The van der Waals surface area contributed by atoms with Crippen molar-refractivity contribution in [2.75, 3.05) is 46.4 Å². The summed E-state index contributed by atoms with van der Waals surface area (Å²) >= 11 is 0. The number of esters is 1. The highest BCUT2D eigenvalue weighted by molar-refractivity contribution is 6.02. The maximum atomic E-state index is 12.6. The van der Waals surface area contributed by atoms with Crippen molar-refractivity contribution in [3.8, 4) is 11.5 Å². The van der Waals surface area contributed by atoms with Crippen LogP contribution in [0.2, 0.25) is 0 Å². The van der Waals surface area contributed by atoms with E-state index in [0.717, 1.165) is 6.07 Å². The quantitative estimate of drug-likeness (QED) is 0.193. The van der Waals surface area contributed by atoms with Crippen molar-refractivity contribution in [1.82, 2.24) is 0 Å². The van der Waals surface area contributed by atoms with Gasteiger partial charge in [0.25, 0.3) is 5.69 Å². The molecular formula is C20H22N2O8. The van der Waals surface area contributed by atoms with Gasteiger partial charge in [0.15, 0.2) is 6.61 Å². The number of rotatable bonds is 11. The van der Waals surface area contributed by atoms with Gasteiger partial charge in [0.2, 0.25) is 5.78 Å². The van der Waals surface area contributed by atoms with Gasteiger partial charge in [-0.1, -0.05) is 0 Å². The summed E-state index contributed by atoms with van der Waals surface area (Å²) in [6, 6.07) is 8.42. The maximum absolute atomic E-state index is 12.6. The molecule has 2 aromatic rings. The first-order chi connectivity index (χ1) is 14.4. The van der Waals surface area contributed by atoms with Crippen LogP contribution in [-0.2, 0) is 9.47 Å². The first-order valence-corrected chi connectivity index (χ1v) is 8.84. The predicted octanol–water partition coefficient (Wildman–Crippen LogP) is 2.71. The van der Waals surface area contributed by atoms with Crippen molar-refractivity contribution in [1.29, 1.82) is 0 Å². The van der Waals surface area contributed by atoms with Gasteiger partial charge in [-0.05, 0) is 24.3 Å². The molecule has 30 heavy (non-hydrogen) atoms. The van der Waals surface area contributed by atoms with E-state index in [2.05, 4.69) is 5.32 Å². The van der Waals surface area contributed by atoms with Gasteiger partial charge in [-0.25, -0.2) is 4.79 Å². The lowest BCUT2D eigenvalue weighted by Gasteiger charge is -2.12. The number of nitrogens with one attached hydrogen (secondary N) is 1. The van der Waals surface area contributed by atoms with Crippen LogP contribution in [0.3, 0.4) is 0 Å². The lowest BCUT2D eigenvalue weighted by atomic mass is 10.1. The molecule has 2 rings (SSSR count). The zero-order chi connectivity index (χ0) is 22.1. The average Bonchev–Trinajstić information content (AvgIpc) is 2.76. The highest BCUT2D eigenvalue weighted by Gasteiger charge is 2.21. The molecule has 0 atom stereocenters. The van der Waals surface area contributed by atoms with Gasteiger partial charge in [-0.3, -0.25) is 14.9 Å². The van der Waals surface area contributed by atoms with Gasteiger partial charge in [-0.2, -0.15) is 0 Å². The summed E-state index contributed by atoms with van der Waals surface area (Å²) in [5.74, 6) is -0.657. The summed E-state index contributed by atoms with van der Waals surface area (Å²) in [4.78, 5) is 35.5. The van der Waals surface area contributed by atoms with E-state index in [1.54, 1.807) is 12.1 Å². The minimum absolute atomic E-state index is 0.0642. The van der Waals surface area contributed by atoms with E-state index < -0.39 is 23.3 Å². The van der Waals surface area contributed by atoms with Crippen LogP contribution in [0.5, 0.6) is 11.5 Å². The minimum atomic E-state index is -0.881. The fraction of sp³-hybridized carbons (Fsp3) is 0.300. The Balaban J connectivity index is 2.19. The molecule has 10 heteroatoms. The van der Waals surface area contributed by atoms with Crippen molar-refractivity contribution in [3.63, 3.8) is 0 Å². The fourth-order valence-electron chi connectivity index (χ4n) is 2.58. The number of carbonyl (C=O) groups excluding carboxylic acids is 2. The van der Waals surface area contributed by atoms with Crippen molar-refractivity contribution in [2.45, 2.75) is 0 Å². The van der Waals surface area contributed by atoms with Crippen LogP contribution >= 0.6 is 0 Å². The number of methoxy groups -OCH3 is 3. The molecule has 0 bridgehead atoms. The van der Waals surface area contributed by atoms with Gasteiger partial charge in [0.1, 0.15) is 11.5 Å². The number of ether oxygens (including phenoxy) is 4. The number of benzene rings is 2. The van der Waals surface area contributed by atoms with E-state index in [0.29, 0.717) is 30.3 Å². The molecule has 0 unspecified atom stereocenters. The van der Waals surface area contributed by atoms with Gasteiger partial charge in [-0.15, -0.1) is 0 Å². The molecule has 0 aliphatic heterocycles. The number of nitro groups is 1. The predicted molar refractivity (Wildman–Crippen MR) is 108 cm³/mol. The molecule has 2 aromatic carbocycles. The summed E-state index contributed by atoms with van der Waals surface area (Å²) in [5.41, 5.74) is 0.168. The van der Waals surface area contributed by atoms with Crippen LogP contribution in [-0.4, -0.2) is 57.8 Å². The van der Waals surface area contributed by atoms with E-state index >= 15 is 0 Å². The Morgan fingerprint density at radius 1 is 1.03 bits per heavy atom. The number of hydrogen-bond donors (Lipinski definition) is 1. The second-order valence-corrected chi connectivity index (χ2v) is 5.97. The molecule has 0 aliphatic carbocycles. The number of ketones is 1. The number of hydrogen-bond acceptors (Lipinski definition) is 9. The summed E-state index contributed by atoms with van der Waals surface area (Å²) in [6.45, 7) is 0.149. The Morgan fingerprint density at radius 3 is 2.43 bits per heavy atom. The second-order valence-electron chi connectivity index (χ2n) is 5.97. The van der Waals surface area contributed by atoms with E-state index in [9.17, 15) is 19.7 Å². The highest BCUT2D eigenvalue weighted by atomic mass is 16.6. The molecule has 0 saturated heterocycles. The van der Waals surface area contributed by atoms with E-state index in [4.69, 9.17) is 18.9 Å². The van der Waals surface area contributed by atoms with Gasteiger partial charge in [0, 0.05) is 31.5 Å². The van der Waals surface area contributed by atoms with Crippen molar-refractivity contribution in [3.05, 3.63) is 57.6 Å². The molecule has 0 aliphatic rings. The zero-order valence-electron chi connectivity index (χ0n) is 16.8. The first-order valence-electron chi connectivity index (χ1n) is 8.84. The van der Waals surface area contributed by atoms with Crippen LogP contribution < -0.4 is 14.8 Å². The molecule has 0 aromatic heterocycles. The van der Waals surface area contributed by atoms with E-state index in [1.165, 1.54) is 39.5 Å². The Labute approximate surface area is 172 Å². The lowest BCUT2D eigenvalue weighted by molar-refractivity contribution is -0.384. The Bertz CT molecular complexity index is 929. The number of nitro benzene ring substituents is 1. The molecule has 0 amide bonds. The zero-order valence-corrected chi connectivity index (χ0v) is 16.8. The van der Waals surface area contributed by atoms with Gasteiger partial charge < -0.3 is 24.3 Å². The number of anilines is 1. The third-order valence-electron chi connectivity index (χ3n) is 4.10. The first kappa shape index (κ1) is 22.6. The smallest absolute Gasteiger partial charge is 0.340 e. The molecule has 1 N–H and O–H groups in total. The number of Topliss-reactive ketones (excluding diaryl/α,β-unsaturated/α-hetero) is 1. The molecule has 0 heterocycles. The summed E-state index contributed by atoms with van der Waals surface area (Å²) < 4.78 is 20.3. The molecule has 10 nitrogen and oxygen atoms in total. The number of carbonyl (C=O) groups is 2.